The zero-order chi connectivity index (χ0) is 26.6. The van der Waals surface area contributed by atoms with Crippen molar-refractivity contribution in [3.05, 3.63) is 71.8 Å². The Kier molecular flexibility index (Phi) is 12.2. The van der Waals surface area contributed by atoms with Crippen molar-refractivity contribution in [1.82, 2.24) is 0 Å². The van der Waals surface area contributed by atoms with Crippen LogP contribution in [0.25, 0.3) is 0 Å². The maximum Gasteiger partial charge on any atom is 0.311 e. The van der Waals surface area contributed by atoms with E-state index >= 15 is 0 Å². The molecule has 0 saturated heterocycles. The van der Waals surface area contributed by atoms with Crippen LogP contribution in [0.1, 0.15) is 58.1 Å². The molecule has 0 aliphatic carbocycles. The maximum atomic E-state index is 12.7. The molecule has 198 valence electrons. The third-order valence-corrected chi connectivity index (χ3v) is 9.35. The summed E-state index contributed by atoms with van der Waals surface area (Å²) >= 11 is 0. The third kappa shape index (κ3) is 10.9. The van der Waals surface area contributed by atoms with Crippen LogP contribution in [0.15, 0.2) is 60.7 Å². The predicted octanol–water partition coefficient (Wildman–Crippen LogP) is 5.26. The van der Waals surface area contributed by atoms with Crippen LogP contribution in [0.5, 0.6) is 0 Å². The summed E-state index contributed by atoms with van der Waals surface area (Å²) < 4.78 is 30.4. The lowest BCUT2D eigenvalue weighted by Gasteiger charge is -2.23. The summed E-state index contributed by atoms with van der Waals surface area (Å²) in [4.78, 5) is 25.2. The number of hydrogen-bond acceptors (Lipinski definition) is 5. The molecule has 0 radical (unpaired) electrons. The highest BCUT2D eigenvalue weighted by molar-refractivity contribution is 7.88. The van der Waals surface area contributed by atoms with Crippen LogP contribution in [0.3, 0.4) is 0 Å². The highest BCUT2D eigenvalue weighted by Gasteiger charge is 2.30. The van der Waals surface area contributed by atoms with Crippen LogP contribution in [0, 0.1) is 10.8 Å². The summed E-state index contributed by atoms with van der Waals surface area (Å²) in [6.07, 6.45) is 2.15. The molecule has 2 unspecified atom stereocenters. The molecule has 36 heavy (non-hydrogen) atoms. The van der Waals surface area contributed by atoms with Crippen LogP contribution >= 0.6 is 0 Å². The first-order valence-electron chi connectivity index (χ1n) is 12.5. The molecule has 2 rings (SSSR count). The summed E-state index contributed by atoms with van der Waals surface area (Å²) in [5.41, 5.74) is 0.788. The zero-order valence-electron chi connectivity index (χ0n) is 22.0. The minimum Gasteiger partial charge on any atom is -0.460 e. The summed E-state index contributed by atoms with van der Waals surface area (Å²) in [5, 5.41) is 0. The van der Waals surface area contributed by atoms with Crippen molar-refractivity contribution in [2.45, 2.75) is 60.0 Å². The van der Waals surface area contributed by atoms with Gasteiger partial charge in [-0.05, 0) is 44.2 Å². The molecule has 0 aromatic heterocycles. The Morgan fingerprint density at radius 1 is 0.694 bits per heavy atom. The van der Waals surface area contributed by atoms with E-state index in [0.717, 1.165) is 11.1 Å². The standard InChI is InChI=1S/C29H40O5S2/c1-28(2,26(30)16-15-24-11-7-5-8-12-24)17-19-35(32)21-22-36(33)20-18-29(3,4)27(31)34-23-25-13-9-6-10-14-25/h5-14H,15-23H2,1-4H3. The van der Waals surface area contributed by atoms with Crippen molar-refractivity contribution in [2.75, 3.05) is 23.0 Å². The number of hydrogen-bond donors (Lipinski definition) is 0. The normalized spacial score (nSPS) is 13.7. The fourth-order valence-electron chi connectivity index (χ4n) is 3.53. The average Bonchev–Trinajstić information content (AvgIpc) is 2.87. The molecule has 0 heterocycles. The Labute approximate surface area is 221 Å². The smallest absolute Gasteiger partial charge is 0.311 e. The summed E-state index contributed by atoms with van der Waals surface area (Å²) in [6, 6.07) is 19.4. The number of aryl methyl sites for hydroxylation is 1. The first kappa shape index (κ1) is 30.1. The summed E-state index contributed by atoms with van der Waals surface area (Å²) in [5.74, 6) is 1.29. The number of rotatable bonds is 16. The van der Waals surface area contributed by atoms with Gasteiger partial charge in [0.1, 0.15) is 12.4 Å². The van der Waals surface area contributed by atoms with Gasteiger partial charge < -0.3 is 4.74 Å². The van der Waals surface area contributed by atoms with Gasteiger partial charge in [-0.3, -0.25) is 18.0 Å². The SMILES string of the molecule is CC(C)(CCS(=O)CCS(=O)CCC(C)(C)C(=O)OCc1ccccc1)C(=O)CCc1ccccc1. The van der Waals surface area contributed by atoms with Crippen LogP contribution in [-0.2, 0) is 49.0 Å². The Morgan fingerprint density at radius 2 is 1.17 bits per heavy atom. The lowest BCUT2D eigenvalue weighted by atomic mass is 9.83. The molecule has 0 aliphatic rings. The second-order valence-electron chi connectivity index (χ2n) is 10.4. The lowest BCUT2D eigenvalue weighted by Crippen LogP contribution is -2.29. The van der Waals surface area contributed by atoms with Crippen molar-refractivity contribution in [2.24, 2.45) is 10.8 Å². The van der Waals surface area contributed by atoms with Crippen LogP contribution in [0.4, 0.5) is 0 Å². The number of benzene rings is 2. The molecule has 0 saturated carbocycles. The van der Waals surface area contributed by atoms with Gasteiger partial charge in [0.25, 0.3) is 0 Å². The van der Waals surface area contributed by atoms with E-state index in [1.54, 1.807) is 13.8 Å². The molecule has 0 aliphatic heterocycles. The van der Waals surface area contributed by atoms with Crippen LogP contribution in [-0.4, -0.2) is 43.2 Å². The van der Waals surface area contributed by atoms with Gasteiger partial charge in [-0.25, -0.2) is 0 Å². The molecule has 0 amide bonds. The number of ketones is 1. The van der Waals surface area contributed by atoms with E-state index in [4.69, 9.17) is 4.74 Å². The van der Waals surface area contributed by atoms with Gasteiger partial charge in [0, 0.05) is 56.4 Å². The van der Waals surface area contributed by atoms with Crippen molar-refractivity contribution >= 4 is 33.4 Å². The maximum absolute atomic E-state index is 12.7. The fraction of sp³-hybridized carbons (Fsp3) is 0.517. The van der Waals surface area contributed by atoms with E-state index in [2.05, 4.69) is 0 Å². The molecule has 0 fully saturated rings. The van der Waals surface area contributed by atoms with Crippen LogP contribution < -0.4 is 0 Å². The van der Waals surface area contributed by atoms with E-state index in [-0.39, 0.29) is 18.4 Å². The van der Waals surface area contributed by atoms with Gasteiger partial charge in [-0.1, -0.05) is 74.5 Å². The highest BCUT2D eigenvalue weighted by Crippen LogP contribution is 2.25. The zero-order valence-corrected chi connectivity index (χ0v) is 23.6. The third-order valence-electron chi connectivity index (χ3n) is 6.45. The largest absolute Gasteiger partial charge is 0.460 e. The first-order valence-corrected chi connectivity index (χ1v) is 15.5. The van der Waals surface area contributed by atoms with Gasteiger partial charge in [0.15, 0.2) is 0 Å². The lowest BCUT2D eigenvalue weighted by molar-refractivity contribution is -0.155. The first-order chi connectivity index (χ1) is 17.0. The van der Waals surface area contributed by atoms with Gasteiger partial charge in [-0.15, -0.1) is 0 Å². The van der Waals surface area contributed by atoms with Crippen molar-refractivity contribution in [3.63, 3.8) is 0 Å². The quantitative estimate of drug-likeness (QED) is 0.276. The Morgan fingerprint density at radius 3 is 1.69 bits per heavy atom. The van der Waals surface area contributed by atoms with Gasteiger partial charge in [-0.2, -0.15) is 0 Å². The predicted molar refractivity (Wildman–Crippen MR) is 149 cm³/mol. The molecule has 5 nitrogen and oxygen atoms in total. The molecule has 0 spiro atoms. The number of carbonyl (C=O) groups is 2. The topological polar surface area (TPSA) is 77.5 Å². The van der Waals surface area contributed by atoms with Gasteiger partial charge >= 0.3 is 5.97 Å². The van der Waals surface area contributed by atoms with Crippen LogP contribution in [0.2, 0.25) is 0 Å². The second-order valence-corrected chi connectivity index (χ2v) is 13.8. The van der Waals surface area contributed by atoms with E-state index in [0.29, 0.717) is 48.7 Å². The van der Waals surface area contributed by atoms with Crippen molar-refractivity contribution in [1.29, 1.82) is 0 Å². The van der Waals surface area contributed by atoms with E-state index in [1.807, 2.05) is 74.5 Å². The average molecular weight is 533 g/mol. The number of esters is 1. The molecular weight excluding hydrogens is 492 g/mol. The molecule has 7 heteroatoms. The minimum absolute atomic E-state index is 0.174. The Balaban J connectivity index is 1.66. The van der Waals surface area contributed by atoms with E-state index in [1.165, 1.54) is 0 Å². The molecule has 0 bridgehead atoms. The second kappa shape index (κ2) is 14.6. The Bertz CT molecular complexity index is 933. The number of Topliss-reactive ketones (excluding diaryl/α,β-unsaturated/α-hetero) is 1. The fourth-order valence-corrected chi connectivity index (χ4v) is 6.90. The monoisotopic (exact) mass is 532 g/mol. The summed E-state index contributed by atoms with van der Waals surface area (Å²) in [6.45, 7) is 7.64. The van der Waals surface area contributed by atoms with Crippen molar-refractivity contribution < 1.29 is 22.7 Å². The van der Waals surface area contributed by atoms with Gasteiger partial charge in [0.05, 0.1) is 5.41 Å². The number of ether oxygens (including phenoxy) is 1. The minimum atomic E-state index is -1.17. The van der Waals surface area contributed by atoms with Crippen molar-refractivity contribution in [3.8, 4) is 0 Å². The number of carbonyl (C=O) groups excluding carboxylic acids is 2. The van der Waals surface area contributed by atoms with E-state index < -0.39 is 32.4 Å². The van der Waals surface area contributed by atoms with E-state index in [9.17, 15) is 18.0 Å². The Hall–Kier alpha value is -2.12. The molecule has 2 aromatic carbocycles. The molecule has 2 atom stereocenters. The molecular formula is C29H40O5S2. The van der Waals surface area contributed by atoms with Gasteiger partial charge in [0.2, 0.25) is 0 Å². The molecule has 2 aromatic rings. The summed E-state index contributed by atoms with van der Waals surface area (Å²) in [7, 11) is -2.31. The highest BCUT2D eigenvalue weighted by atomic mass is 32.2. The molecule has 0 N–H and O–H groups in total.